The number of hydrogen-bond acceptors (Lipinski definition) is 2. The van der Waals surface area contributed by atoms with Crippen molar-refractivity contribution >= 4 is 0 Å². The van der Waals surface area contributed by atoms with E-state index in [0.717, 1.165) is 18.7 Å². The number of nitrogens with zero attached hydrogens (tertiary/aromatic N) is 2. The zero-order valence-corrected chi connectivity index (χ0v) is 9.49. The van der Waals surface area contributed by atoms with Gasteiger partial charge in [0.1, 0.15) is 6.80 Å². The van der Waals surface area contributed by atoms with Crippen molar-refractivity contribution in [1.29, 1.82) is 0 Å². The molecule has 0 amide bonds. The van der Waals surface area contributed by atoms with Crippen molar-refractivity contribution in [2.75, 3.05) is 34.0 Å². The second-order valence-electron chi connectivity index (χ2n) is 3.96. The number of hydrogen-bond donors (Lipinski definition) is 0. The Morgan fingerprint density at radius 1 is 1.07 bits per heavy atom. The topological polar surface area (TPSA) is 6.48 Å². The summed E-state index contributed by atoms with van der Waals surface area (Å²) >= 11 is 0. The van der Waals surface area contributed by atoms with Gasteiger partial charge in [-0.25, -0.2) is 4.39 Å². The van der Waals surface area contributed by atoms with E-state index in [-0.39, 0.29) is 6.80 Å². The van der Waals surface area contributed by atoms with Gasteiger partial charge in [-0.3, -0.25) is 4.90 Å². The molecule has 0 bridgehead atoms. The van der Waals surface area contributed by atoms with Gasteiger partial charge in [0, 0.05) is 19.6 Å². The summed E-state index contributed by atoms with van der Waals surface area (Å²) in [6.07, 6.45) is 0. The molecule has 0 aliphatic rings. The average Bonchev–Trinajstić information content (AvgIpc) is 2.25. The van der Waals surface area contributed by atoms with Crippen LogP contribution in [0.15, 0.2) is 30.3 Å². The molecule has 15 heavy (non-hydrogen) atoms. The van der Waals surface area contributed by atoms with Crippen LogP contribution in [-0.4, -0.2) is 43.8 Å². The van der Waals surface area contributed by atoms with Gasteiger partial charge >= 0.3 is 0 Å². The fourth-order valence-electron chi connectivity index (χ4n) is 1.36. The Morgan fingerprint density at radius 3 is 2.27 bits per heavy atom. The van der Waals surface area contributed by atoms with Crippen molar-refractivity contribution in [2.24, 2.45) is 0 Å². The number of rotatable bonds is 6. The molecule has 2 nitrogen and oxygen atoms in total. The quantitative estimate of drug-likeness (QED) is 0.662. The minimum Gasteiger partial charge on any atom is -0.308 e. The van der Waals surface area contributed by atoms with Crippen molar-refractivity contribution in [3.8, 4) is 0 Å². The number of halogens is 1. The average molecular weight is 210 g/mol. The molecule has 3 heteroatoms. The molecule has 0 heterocycles. The van der Waals surface area contributed by atoms with E-state index in [9.17, 15) is 4.39 Å². The maximum atomic E-state index is 12.7. The molecule has 0 N–H and O–H groups in total. The molecular weight excluding hydrogens is 191 g/mol. The summed E-state index contributed by atoms with van der Waals surface area (Å²) in [5.41, 5.74) is 1.16. The van der Waals surface area contributed by atoms with Gasteiger partial charge in [0.2, 0.25) is 0 Å². The van der Waals surface area contributed by atoms with E-state index in [1.54, 1.807) is 4.90 Å². The molecule has 0 fully saturated rings. The highest BCUT2D eigenvalue weighted by Gasteiger charge is 2.05. The highest BCUT2D eigenvalue weighted by molar-refractivity contribution is 5.14. The molecule has 1 aromatic carbocycles. The number of benzene rings is 1. The Kier molecular flexibility index (Phi) is 5.29. The molecule has 84 valence electrons. The van der Waals surface area contributed by atoms with Gasteiger partial charge in [-0.1, -0.05) is 30.3 Å². The van der Waals surface area contributed by atoms with Crippen molar-refractivity contribution in [2.45, 2.75) is 6.54 Å². The molecule has 0 radical (unpaired) electrons. The Balaban J connectivity index is 2.40. The van der Waals surface area contributed by atoms with Crippen molar-refractivity contribution in [3.63, 3.8) is 0 Å². The van der Waals surface area contributed by atoms with Crippen LogP contribution in [0.1, 0.15) is 5.56 Å². The van der Waals surface area contributed by atoms with Crippen LogP contribution in [0.4, 0.5) is 4.39 Å². The maximum Gasteiger partial charge on any atom is 0.143 e. The van der Waals surface area contributed by atoms with Gasteiger partial charge in [0.05, 0.1) is 0 Å². The van der Waals surface area contributed by atoms with Crippen LogP contribution in [0.2, 0.25) is 0 Å². The van der Waals surface area contributed by atoms with Crippen LogP contribution in [0.25, 0.3) is 0 Å². The van der Waals surface area contributed by atoms with Crippen LogP contribution in [0, 0.1) is 0 Å². The predicted octanol–water partition coefficient (Wildman–Crippen LogP) is 1.98. The Bertz CT molecular complexity index is 262. The van der Waals surface area contributed by atoms with Gasteiger partial charge in [-0.05, 0) is 19.7 Å². The minimum absolute atomic E-state index is 0.386. The van der Waals surface area contributed by atoms with Crippen LogP contribution < -0.4 is 0 Å². The third kappa shape index (κ3) is 4.91. The summed E-state index contributed by atoms with van der Waals surface area (Å²) < 4.78 is 12.7. The van der Waals surface area contributed by atoms with Crippen molar-refractivity contribution in [1.82, 2.24) is 9.80 Å². The van der Waals surface area contributed by atoms with Gasteiger partial charge in [0.15, 0.2) is 0 Å². The molecule has 0 saturated heterocycles. The second kappa shape index (κ2) is 6.53. The van der Waals surface area contributed by atoms with E-state index >= 15 is 0 Å². The molecule has 1 rings (SSSR count). The lowest BCUT2D eigenvalue weighted by molar-refractivity contribution is 0.163. The first-order valence-electron chi connectivity index (χ1n) is 5.19. The Morgan fingerprint density at radius 2 is 1.73 bits per heavy atom. The maximum absolute atomic E-state index is 12.7. The first kappa shape index (κ1) is 12.1. The van der Waals surface area contributed by atoms with E-state index in [2.05, 4.69) is 4.90 Å². The van der Waals surface area contributed by atoms with Crippen LogP contribution >= 0.6 is 0 Å². The molecular formula is C12H19FN2. The standard InChI is InChI=1S/C12H19FN2/c1-14(2)8-9-15(11-13)10-12-6-4-3-5-7-12/h3-7H,8-11H2,1-2H3. The molecule has 1 aromatic rings. The van der Waals surface area contributed by atoms with E-state index in [0.29, 0.717) is 6.54 Å². The van der Waals surface area contributed by atoms with Crippen LogP contribution in [0.3, 0.4) is 0 Å². The molecule has 0 aromatic heterocycles. The molecule has 0 aliphatic heterocycles. The second-order valence-corrected chi connectivity index (χ2v) is 3.96. The van der Waals surface area contributed by atoms with Crippen molar-refractivity contribution in [3.05, 3.63) is 35.9 Å². The Labute approximate surface area is 91.3 Å². The largest absolute Gasteiger partial charge is 0.308 e. The smallest absolute Gasteiger partial charge is 0.143 e. The fourth-order valence-corrected chi connectivity index (χ4v) is 1.36. The fraction of sp³-hybridized carbons (Fsp3) is 0.500. The number of alkyl halides is 1. The molecule has 0 saturated carbocycles. The van der Waals surface area contributed by atoms with Crippen molar-refractivity contribution < 1.29 is 4.39 Å². The lowest BCUT2D eigenvalue weighted by Gasteiger charge is -2.20. The summed E-state index contributed by atoms with van der Waals surface area (Å²) in [7, 11) is 4.00. The first-order chi connectivity index (χ1) is 7.22. The first-order valence-corrected chi connectivity index (χ1v) is 5.19. The molecule has 0 aliphatic carbocycles. The summed E-state index contributed by atoms with van der Waals surface area (Å²) in [6.45, 7) is 1.95. The summed E-state index contributed by atoms with van der Waals surface area (Å²) in [6, 6.07) is 10.00. The zero-order chi connectivity index (χ0) is 11.1. The third-order valence-electron chi connectivity index (χ3n) is 2.28. The number of likely N-dealkylation sites (N-methyl/N-ethyl adjacent to an activating group) is 1. The normalized spacial score (nSPS) is 11.3. The van der Waals surface area contributed by atoms with Crippen LogP contribution in [0.5, 0.6) is 0 Å². The summed E-state index contributed by atoms with van der Waals surface area (Å²) in [4.78, 5) is 3.86. The summed E-state index contributed by atoms with van der Waals surface area (Å²) in [5.74, 6) is 0. The van der Waals surface area contributed by atoms with E-state index in [1.165, 1.54) is 0 Å². The highest BCUT2D eigenvalue weighted by Crippen LogP contribution is 2.04. The lowest BCUT2D eigenvalue weighted by atomic mass is 10.2. The lowest BCUT2D eigenvalue weighted by Crippen LogP contribution is -2.30. The van der Waals surface area contributed by atoms with E-state index < -0.39 is 0 Å². The highest BCUT2D eigenvalue weighted by atomic mass is 19.1. The van der Waals surface area contributed by atoms with Gasteiger partial charge in [0.25, 0.3) is 0 Å². The monoisotopic (exact) mass is 210 g/mol. The zero-order valence-electron chi connectivity index (χ0n) is 9.49. The minimum atomic E-state index is -0.386. The van der Waals surface area contributed by atoms with Gasteiger partial charge in [-0.2, -0.15) is 0 Å². The van der Waals surface area contributed by atoms with E-state index in [1.807, 2.05) is 44.4 Å². The molecule has 0 atom stereocenters. The summed E-state index contributed by atoms with van der Waals surface area (Å²) in [5, 5.41) is 0. The third-order valence-corrected chi connectivity index (χ3v) is 2.28. The Hall–Kier alpha value is -0.930. The SMILES string of the molecule is CN(C)CCN(CF)Cc1ccccc1. The van der Waals surface area contributed by atoms with Gasteiger partial charge < -0.3 is 4.90 Å². The molecule has 0 unspecified atom stereocenters. The molecule has 0 spiro atoms. The predicted molar refractivity (Wildman–Crippen MR) is 61.4 cm³/mol. The van der Waals surface area contributed by atoms with Crippen LogP contribution in [-0.2, 0) is 6.54 Å². The van der Waals surface area contributed by atoms with E-state index in [4.69, 9.17) is 0 Å². The van der Waals surface area contributed by atoms with Gasteiger partial charge in [-0.15, -0.1) is 0 Å².